The monoisotopic (exact) mass is 268 g/mol. The van der Waals surface area contributed by atoms with Crippen LogP contribution in [-0.4, -0.2) is 62.4 Å². The Morgan fingerprint density at radius 3 is 2.63 bits per heavy atom. The summed E-state index contributed by atoms with van der Waals surface area (Å²) in [4.78, 5) is 14.6. The maximum Gasteiger partial charge on any atom is 0.224 e. The fourth-order valence-electron chi connectivity index (χ4n) is 2.93. The average molecular weight is 268 g/mol. The minimum atomic E-state index is 0.197. The van der Waals surface area contributed by atoms with Gasteiger partial charge in [0.05, 0.1) is 19.8 Å². The van der Waals surface area contributed by atoms with Crippen molar-refractivity contribution in [2.24, 2.45) is 5.92 Å². The normalized spacial score (nSPS) is 31.4. The topological polar surface area (TPSA) is 50.8 Å². The molecule has 2 aliphatic heterocycles. The molecule has 1 aliphatic carbocycles. The van der Waals surface area contributed by atoms with Crippen molar-refractivity contribution in [2.45, 2.75) is 37.8 Å². The molecule has 2 unspecified atom stereocenters. The third-order valence-corrected chi connectivity index (χ3v) is 4.21. The molecule has 0 bridgehead atoms. The second kappa shape index (κ2) is 6.20. The number of ether oxygens (including phenoxy) is 2. The van der Waals surface area contributed by atoms with E-state index in [2.05, 4.69) is 10.2 Å². The SMILES string of the molecule is O=C(CC1COCCN1)N(CC1CCOC1)C1CC1. The van der Waals surface area contributed by atoms with Gasteiger partial charge in [-0.3, -0.25) is 4.79 Å². The molecule has 19 heavy (non-hydrogen) atoms. The zero-order valence-corrected chi connectivity index (χ0v) is 11.5. The molecular weight excluding hydrogens is 244 g/mol. The van der Waals surface area contributed by atoms with E-state index >= 15 is 0 Å². The van der Waals surface area contributed by atoms with E-state index in [1.807, 2.05) is 0 Å². The number of nitrogens with one attached hydrogen (secondary N) is 1. The van der Waals surface area contributed by atoms with Gasteiger partial charge in [-0.2, -0.15) is 0 Å². The van der Waals surface area contributed by atoms with Crippen LogP contribution in [0.25, 0.3) is 0 Å². The van der Waals surface area contributed by atoms with Crippen LogP contribution in [-0.2, 0) is 14.3 Å². The van der Waals surface area contributed by atoms with E-state index in [1.165, 1.54) is 12.8 Å². The Kier molecular flexibility index (Phi) is 4.35. The average Bonchev–Trinajstić information content (AvgIpc) is 3.14. The lowest BCUT2D eigenvalue weighted by Gasteiger charge is -2.29. The fraction of sp³-hybridized carbons (Fsp3) is 0.929. The molecule has 5 heteroatoms. The van der Waals surface area contributed by atoms with Crippen molar-refractivity contribution in [2.75, 3.05) is 39.5 Å². The number of amides is 1. The first-order valence-electron chi connectivity index (χ1n) is 7.51. The molecule has 3 fully saturated rings. The second-order valence-corrected chi connectivity index (χ2v) is 5.94. The molecule has 2 saturated heterocycles. The van der Waals surface area contributed by atoms with Gasteiger partial charge in [0, 0.05) is 44.1 Å². The van der Waals surface area contributed by atoms with Crippen LogP contribution in [0.5, 0.6) is 0 Å². The zero-order valence-electron chi connectivity index (χ0n) is 11.5. The molecule has 2 heterocycles. The summed E-state index contributed by atoms with van der Waals surface area (Å²) in [6.45, 7) is 4.85. The molecule has 1 saturated carbocycles. The molecule has 108 valence electrons. The first-order chi connectivity index (χ1) is 9.33. The molecule has 0 spiro atoms. The van der Waals surface area contributed by atoms with Gasteiger partial charge in [-0.15, -0.1) is 0 Å². The summed E-state index contributed by atoms with van der Waals surface area (Å²) in [6.07, 6.45) is 4.02. The van der Waals surface area contributed by atoms with Gasteiger partial charge in [0.15, 0.2) is 0 Å². The molecule has 2 atom stereocenters. The largest absolute Gasteiger partial charge is 0.381 e. The van der Waals surface area contributed by atoms with Gasteiger partial charge < -0.3 is 19.7 Å². The molecule has 5 nitrogen and oxygen atoms in total. The van der Waals surface area contributed by atoms with Gasteiger partial charge in [-0.25, -0.2) is 0 Å². The Bertz CT molecular complexity index is 308. The highest BCUT2D eigenvalue weighted by molar-refractivity contribution is 5.77. The Hall–Kier alpha value is -0.650. The molecule has 0 aromatic heterocycles. The maximum atomic E-state index is 12.5. The predicted molar refractivity (Wildman–Crippen MR) is 70.9 cm³/mol. The van der Waals surface area contributed by atoms with Crippen molar-refractivity contribution in [3.05, 3.63) is 0 Å². The standard InChI is InChI=1S/C14H24N2O3/c17-14(7-12-10-19-6-4-15-12)16(13-1-2-13)8-11-3-5-18-9-11/h11-13,15H,1-10H2. The minimum absolute atomic E-state index is 0.197. The number of rotatable bonds is 5. The summed E-state index contributed by atoms with van der Waals surface area (Å²) in [5.74, 6) is 0.831. The highest BCUT2D eigenvalue weighted by atomic mass is 16.5. The van der Waals surface area contributed by atoms with Crippen molar-refractivity contribution < 1.29 is 14.3 Å². The van der Waals surface area contributed by atoms with Crippen molar-refractivity contribution >= 4 is 5.91 Å². The molecule has 0 aromatic carbocycles. The number of hydrogen-bond donors (Lipinski definition) is 1. The summed E-state index contributed by atoms with van der Waals surface area (Å²) >= 11 is 0. The van der Waals surface area contributed by atoms with Crippen LogP contribution in [0.4, 0.5) is 0 Å². The van der Waals surface area contributed by atoms with E-state index in [0.29, 0.717) is 25.0 Å². The lowest BCUT2D eigenvalue weighted by atomic mass is 10.1. The maximum absolute atomic E-state index is 12.5. The quantitative estimate of drug-likeness (QED) is 0.784. The fourth-order valence-corrected chi connectivity index (χ4v) is 2.93. The minimum Gasteiger partial charge on any atom is -0.381 e. The molecule has 1 N–H and O–H groups in total. The zero-order chi connectivity index (χ0) is 13.1. The summed E-state index contributed by atoms with van der Waals surface area (Å²) < 4.78 is 10.8. The number of morpholine rings is 1. The van der Waals surface area contributed by atoms with Gasteiger partial charge in [0.1, 0.15) is 0 Å². The van der Waals surface area contributed by atoms with Gasteiger partial charge in [-0.1, -0.05) is 0 Å². The van der Waals surface area contributed by atoms with E-state index in [-0.39, 0.29) is 11.9 Å². The number of carbonyl (C=O) groups is 1. The second-order valence-electron chi connectivity index (χ2n) is 5.94. The van der Waals surface area contributed by atoms with Crippen molar-refractivity contribution in [3.8, 4) is 0 Å². The molecule has 3 aliphatic rings. The Morgan fingerprint density at radius 2 is 2.00 bits per heavy atom. The van der Waals surface area contributed by atoms with Crippen molar-refractivity contribution in [1.82, 2.24) is 10.2 Å². The van der Waals surface area contributed by atoms with Gasteiger partial charge >= 0.3 is 0 Å². The Morgan fingerprint density at radius 1 is 1.16 bits per heavy atom. The highest BCUT2D eigenvalue weighted by Gasteiger charge is 2.35. The van der Waals surface area contributed by atoms with Crippen LogP contribution in [0.3, 0.4) is 0 Å². The van der Waals surface area contributed by atoms with Crippen molar-refractivity contribution in [1.29, 1.82) is 0 Å². The lowest BCUT2D eigenvalue weighted by molar-refractivity contribution is -0.133. The first-order valence-corrected chi connectivity index (χ1v) is 7.51. The molecule has 3 rings (SSSR count). The number of nitrogens with zero attached hydrogens (tertiary/aromatic N) is 1. The van der Waals surface area contributed by atoms with E-state index in [4.69, 9.17) is 9.47 Å². The van der Waals surface area contributed by atoms with Gasteiger partial charge in [-0.05, 0) is 19.3 Å². The van der Waals surface area contributed by atoms with E-state index in [1.54, 1.807) is 0 Å². The van der Waals surface area contributed by atoms with Gasteiger partial charge in [0.25, 0.3) is 0 Å². The van der Waals surface area contributed by atoms with Gasteiger partial charge in [0.2, 0.25) is 5.91 Å². The number of hydrogen-bond acceptors (Lipinski definition) is 4. The van der Waals surface area contributed by atoms with Crippen LogP contribution in [0.15, 0.2) is 0 Å². The van der Waals surface area contributed by atoms with E-state index in [0.717, 1.165) is 39.3 Å². The Balaban J connectivity index is 1.51. The lowest BCUT2D eigenvalue weighted by Crippen LogP contribution is -2.46. The summed E-state index contributed by atoms with van der Waals surface area (Å²) in [7, 11) is 0. The van der Waals surface area contributed by atoms with Crippen LogP contribution >= 0.6 is 0 Å². The third kappa shape index (κ3) is 3.68. The third-order valence-electron chi connectivity index (χ3n) is 4.21. The first kappa shape index (κ1) is 13.3. The predicted octanol–water partition coefficient (Wildman–Crippen LogP) is 0.392. The molecule has 1 amide bonds. The van der Waals surface area contributed by atoms with Crippen LogP contribution in [0.1, 0.15) is 25.7 Å². The molecule has 0 aromatic rings. The van der Waals surface area contributed by atoms with E-state index < -0.39 is 0 Å². The van der Waals surface area contributed by atoms with Crippen LogP contribution in [0.2, 0.25) is 0 Å². The smallest absolute Gasteiger partial charge is 0.224 e. The summed E-state index contributed by atoms with van der Waals surface area (Å²) in [6, 6.07) is 0.694. The summed E-state index contributed by atoms with van der Waals surface area (Å²) in [5, 5.41) is 3.36. The molecule has 0 radical (unpaired) electrons. The number of carbonyl (C=O) groups excluding carboxylic acids is 1. The molecular formula is C14H24N2O3. The highest BCUT2D eigenvalue weighted by Crippen LogP contribution is 2.29. The van der Waals surface area contributed by atoms with Crippen LogP contribution < -0.4 is 5.32 Å². The van der Waals surface area contributed by atoms with Crippen molar-refractivity contribution in [3.63, 3.8) is 0 Å². The van der Waals surface area contributed by atoms with E-state index in [9.17, 15) is 4.79 Å². The Labute approximate surface area is 114 Å². The summed E-state index contributed by atoms with van der Waals surface area (Å²) in [5.41, 5.74) is 0. The van der Waals surface area contributed by atoms with Crippen LogP contribution in [0, 0.1) is 5.92 Å².